The van der Waals surface area contributed by atoms with E-state index in [9.17, 15) is 24.3 Å². The summed E-state index contributed by atoms with van der Waals surface area (Å²) < 4.78 is 17.8. The number of nitriles is 1. The number of carboxylic acids is 1. The maximum Gasteiger partial charge on any atom is 0.410 e. The van der Waals surface area contributed by atoms with Crippen molar-refractivity contribution in [3.63, 3.8) is 0 Å². The van der Waals surface area contributed by atoms with E-state index in [0.717, 1.165) is 16.7 Å². The standard InChI is InChI=1S/C47H42Cl2N4O8/c1-47(2,3)26-60-46(58)53-24-34-22-41-38(51-44(55)42(61-41)32-13-15-35(16-14-32)59-25-29-8-17-36(48)37(49)18-29)20-33(34)21-40(53)43(54)52-39(45(56)57)19-27-4-9-30(10-5-27)31-11-6-28(23-50)7-12-31/h4-18,20,22,39-40,42H,19,21,24-26H2,1-3H3,(H,51,55)(H,52,54)(H,56,57)/t39-,40?,42?/m0/s1. The third kappa shape index (κ3) is 10.3. The number of rotatable bonds is 11. The lowest BCUT2D eigenvalue weighted by Gasteiger charge is -2.37. The highest BCUT2D eigenvalue weighted by Gasteiger charge is 2.39. The normalized spacial score (nSPS) is 16.1. The largest absolute Gasteiger partial charge is 0.489 e. The molecule has 5 aromatic carbocycles. The van der Waals surface area contributed by atoms with Gasteiger partial charge in [-0.15, -0.1) is 0 Å². The highest BCUT2D eigenvalue weighted by molar-refractivity contribution is 6.42. The van der Waals surface area contributed by atoms with Gasteiger partial charge in [-0.3, -0.25) is 14.5 Å². The van der Waals surface area contributed by atoms with E-state index in [1.54, 1.807) is 72.8 Å². The fraction of sp³-hybridized carbons (Fsp3) is 0.255. The van der Waals surface area contributed by atoms with Crippen molar-refractivity contribution in [1.82, 2.24) is 10.2 Å². The van der Waals surface area contributed by atoms with Crippen LogP contribution >= 0.6 is 23.2 Å². The number of nitrogens with one attached hydrogen (secondary N) is 2. The number of carboxylic acid groups (broad SMARTS) is 1. The molecule has 0 saturated carbocycles. The van der Waals surface area contributed by atoms with Gasteiger partial charge in [-0.05, 0) is 87.3 Å². The van der Waals surface area contributed by atoms with Crippen LogP contribution in [0.2, 0.25) is 10.0 Å². The first-order chi connectivity index (χ1) is 29.1. The van der Waals surface area contributed by atoms with Crippen LogP contribution in [0.5, 0.6) is 11.5 Å². The van der Waals surface area contributed by atoms with E-state index in [0.29, 0.717) is 55.0 Å². The smallest absolute Gasteiger partial charge is 0.410 e. The van der Waals surface area contributed by atoms with Crippen molar-refractivity contribution in [2.75, 3.05) is 11.9 Å². The number of hydrogen-bond acceptors (Lipinski definition) is 8. The summed E-state index contributed by atoms with van der Waals surface area (Å²) in [6.45, 7) is 6.05. The molecule has 2 unspecified atom stereocenters. The molecule has 0 fully saturated rings. The van der Waals surface area contributed by atoms with E-state index in [-0.39, 0.29) is 38.0 Å². The molecule has 3 atom stereocenters. The second-order valence-electron chi connectivity index (χ2n) is 16.2. The van der Waals surface area contributed by atoms with Crippen molar-refractivity contribution < 1.29 is 38.5 Å². The van der Waals surface area contributed by atoms with Gasteiger partial charge in [0.2, 0.25) is 12.0 Å². The van der Waals surface area contributed by atoms with E-state index < -0.39 is 42.1 Å². The Bertz CT molecular complexity index is 2520. The summed E-state index contributed by atoms with van der Waals surface area (Å²) in [5, 5.41) is 25.8. The average molecular weight is 862 g/mol. The molecule has 0 saturated heterocycles. The molecule has 61 heavy (non-hydrogen) atoms. The maximum absolute atomic E-state index is 14.1. The Kier molecular flexibility index (Phi) is 12.5. The second-order valence-corrected chi connectivity index (χ2v) is 17.0. The lowest BCUT2D eigenvalue weighted by molar-refractivity contribution is -0.142. The van der Waals surface area contributed by atoms with Gasteiger partial charge in [0.15, 0.2) is 0 Å². The van der Waals surface area contributed by atoms with Crippen LogP contribution in [0, 0.1) is 16.7 Å². The summed E-state index contributed by atoms with van der Waals surface area (Å²) >= 11 is 12.1. The molecule has 5 aromatic rings. The van der Waals surface area contributed by atoms with Gasteiger partial charge >= 0.3 is 12.1 Å². The van der Waals surface area contributed by atoms with Crippen molar-refractivity contribution in [2.45, 2.75) is 65.0 Å². The first-order valence-electron chi connectivity index (χ1n) is 19.5. The first-order valence-corrected chi connectivity index (χ1v) is 20.3. The van der Waals surface area contributed by atoms with Gasteiger partial charge in [0.25, 0.3) is 5.91 Å². The molecule has 312 valence electrons. The monoisotopic (exact) mass is 860 g/mol. The summed E-state index contributed by atoms with van der Waals surface area (Å²) in [5.74, 6) is -1.35. The molecule has 2 aliphatic rings. The van der Waals surface area contributed by atoms with Crippen LogP contribution in [0.25, 0.3) is 11.1 Å². The van der Waals surface area contributed by atoms with Crippen LogP contribution in [-0.2, 0) is 45.1 Å². The van der Waals surface area contributed by atoms with E-state index in [4.69, 9.17) is 42.7 Å². The molecular formula is C47H42Cl2N4O8. The van der Waals surface area contributed by atoms with Crippen LogP contribution in [0.4, 0.5) is 10.5 Å². The van der Waals surface area contributed by atoms with Gasteiger partial charge < -0.3 is 30.0 Å². The van der Waals surface area contributed by atoms with Crippen LogP contribution in [0.15, 0.2) is 103 Å². The fourth-order valence-electron chi connectivity index (χ4n) is 7.01. The zero-order chi connectivity index (χ0) is 43.4. The Morgan fingerprint density at radius 2 is 1.59 bits per heavy atom. The number of aliphatic carboxylic acids is 1. The van der Waals surface area contributed by atoms with Gasteiger partial charge in [-0.2, -0.15) is 5.26 Å². The van der Waals surface area contributed by atoms with E-state index >= 15 is 0 Å². The maximum atomic E-state index is 14.1. The summed E-state index contributed by atoms with van der Waals surface area (Å²) in [6, 6.07) is 29.7. The van der Waals surface area contributed by atoms with Gasteiger partial charge in [0, 0.05) is 18.4 Å². The molecule has 3 amide bonds. The molecule has 3 N–H and O–H groups in total. The third-order valence-electron chi connectivity index (χ3n) is 10.3. The number of halogens is 2. The second kappa shape index (κ2) is 18.0. The molecule has 0 aromatic heterocycles. The minimum absolute atomic E-state index is 0.0149. The quantitative estimate of drug-likeness (QED) is 0.118. The summed E-state index contributed by atoms with van der Waals surface area (Å²) in [5.41, 5.74) is 5.80. The molecule has 7 rings (SSSR count). The lowest BCUT2D eigenvalue weighted by atomic mass is 9.91. The first kappa shape index (κ1) is 42.6. The van der Waals surface area contributed by atoms with Crippen molar-refractivity contribution >= 4 is 52.8 Å². The van der Waals surface area contributed by atoms with Crippen LogP contribution in [0.3, 0.4) is 0 Å². The number of fused-ring (bicyclic) bond motifs is 2. The molecule has 0 spiro atoms. The highest BCUT2D eigenvalue weighted by Crippen LogP contribution is 2.40. The number of carbonyl (C=O) groups excluding carboxylic acids is 3. The zero-order valence-corrected chi connectivity index (χ0v) is 35.0. The van der Waals surface area contributed by atoms with E-state index in [1.165, 1.54) is 4.90 Å². The third-order valence-corrected chi connectivity index (χ3v) is 11.0. The van der Waals surface area contributed by atoms with Crippen LogP contribution in [0.1, 0.15) is 60.3 Å². The summed E-state index contributed by atoms with van der Waals surface area (Å²) in [4.78, 5) is 55.0. The molecular weight excluding hydrogens is 819 g/mol. The van der Waals surface area contributed by atoms with Crippen molar-refractivity contribution in [2.24, 2.45) is 5.41 Å². The molecule has 12 nitrogen and oxygen atoms in total. The van der Waals surface area contributed by atoms with Gasteiger partial charge in [-0.1, -0.05) is 98.6 Å². The number of carbonyl (C=O) groups is 4. The van der Waals surface area contributed by atoms with Crippen LogP contribution in [-0.4, -0.2) is 52.6 Å². The number of anilines is 1. The predicted molar refractivity (Wildman–Crippen MR) is 229 cm³/mol. The van der Waals surface area contributed by atoms with E-state index in [2.05, 4.69) is 16.7 Å². The number of nitrogens with zero attached hydrogens (tertiary/aromatic N) is 2. The molecule has 14 heteroatoms. The molecule has 2 aliphatic heterocycles. The fourth-order valence-corrected chi connectivity index (χ4v) is 7.33. The SMILES string of the molecule is CC(C)(C)COC(=O)N1Cc2cc3c(cc2CC1C(=O)N[C@@H](Cc1ccc(-c2ccc(C#N)cc2)cc1)C(=O)O)NC(=O)C(c1ccc(OCc2ccc(Cl)c(Cl)c2)cc1)O3. The summed E-state index contributed by atoms with van der Waals surface area (Å²) in [6.07, 6.45) is -1.70. The Balaban J connectivity index is 1.06. The number of amides is 3. The minimum Gasteiger partial charge on any atom is -0.489 e. The molecule has 0 aliphatic carbocycles. The summed E-state index contributed by atoms with van der Waals surface area (Å²) in [7, 11) is 0. The number of hydrogen-bond donors (Lipinski definition) is 3. The lowest BCUT2D eigenvalue weighted by Crippen LogP contribution is -2.56. The topological polar surface area (TPSA) is 167 Å². The zero-order valence-electron chi connectivity index (χ0n) is 33.5. The Morgan fingerprint density at radius 1 is 0.918 bits per heavy atom. The Hall–Kier alpha value is -6.55. The molecule has 0 radical (unpaired) electrons. The van der Waals surface area contributed by atoms with Crippen molar-refractivity contribution in [3.8, 4) is 28.7 Å². The molecule has 2 heterocycles. The Morgan fingerprint density at radius 3 is 2.23 bits per heavy atom. The highest BCUT2D eigenvalue weighted by atomic mass is 35.5. The van der Waals surface area contributed by atoms with Crippen molar-refractivity contribution in [3.05, 3.63) is 147 Å². The molecule has 0 bridgehead atoms. The number of ether oxygens (including phenoxy) is 3. The van der Waals surface area contributed by atoms with Crippen molar-refractivity contribution in [1.29, 1.82) is 5.26 Å². The van der Waals surface area contributed by atoms with Crippen LogP contribution < -0.4 is 20.1 Å². The van der Waals surface area contributed by atoms with E-state index in [1.807, 2.05) is 51.1 Å². The van der Waals surface area contributed by atoms with Gasteiger partial charge in [-0.25, -0.2) is 9.59 Å². The Labute approximate surface area is 362 Å². The van der Waals surface area contributed by atoms with Gasteiger partial charge in [0.05, 0.1) is 40.5 Å². The number of benzene rings is 5. The minimum atomic E-state index is -1.31. The predicted octanol–water partition coefficient (Wildman–Crippen LogP) is 8.90. The van der Waals surface area contributed by atoms with Gasteiger partial charge in [0.1, 0.15) is 30.2 Å². The average Bonchev–Trinajstić information content (AvgIpc) is 3.24.